The molecule has 0 aromatic carbocycles. The van der Waals surface area contributed by atoms with Gasteiger partial charge in [-0.15, -0.1) is 24.0 Å². The van der Waals surface area contributed by atoms with Crippen molar-refractivity contribution in [2.75, 3.05) is 39.3 Å². The number of piperidine rings is 2. The average molecular weight is 408 g/mol. The van der Waals surface area contributed by atoms with Crippen LogP contribution >= 0.6 is 24.0 Å². The Kier molecular flexibility index (Phi) is 8.94. The number of nitrogens with two attached hydrogens (primary N) is 1. The first kappa shape index (κ1) is 19.0. The van der Waals surface area contributed by atoms with Gasteiger partial charge in [0.2, 0.25) is 0 Å². The third-order valence-corrected chi connectivity index (χ3v) is 4.76. The summed E-state index contributed by atoms with van der Waals surface area (Å²) in [5.41, 5.74) is 6.10. The van der Waals surface area contributed by atoms with Crippen LogP contribution in [0.15, 0.2) is 4.99 Å². The Labute approximate surface area is 147 Å². The van der Waals surface area contributed by atoms with Crippen molar-refractivity contribution >= 4 is 29.9 Å². The van der Waals surface area contributed by atoms with Gasteiger partial charge in [-0.1, -0.05) is 13.8 Å². The number of hydrogen-bond donors (Lipinski definition) is 1. The van der Waals surface area contributed by atoms with Gasteiger partial charge in [-0.3, -0.25) is 4.99 Å². The molecule has 0 radical (unpaired) electrons. The summed E-state index contributed by atoms with van der Waals surface area (Å²) in [7, 11) is 0. The molecule has 0 aliphatic carbocycles. The average Bonchev–Trinajstić information content (AvgIpc) is 2.44. The highest BCUT2D eigenvalue weighted by atomic mass is 127. The zero-order chi connectivity index (χ0) is 14.4. The normalized spacial score (nSPS) is 25.7. The molecule has 0 spiro atoms. The van der Waals surface area contributed by atoms with Crippen molar-refractivity contribution in [3.05, 3.63) is 0 Å². The number of nitrogens with zero attached hydrogens (tertiary/aromatic N) is 3. The number of halogens is 1. The lowest BCUT2D eigenvalue weighted by atomic mass is 10.00. The van der Waals surface area contributed by atoms with Crippen molar-refractivity contribution in [1.29, 1.82) is 0 Å². The summed E-state index contributed by atoms with van der Waals surface area (Å²) in [6.45, 7) is 11.4. The monoisotopic (exact) mass is 408 g/mol. The Bertz CT molecular complexity index is 313. The fraction of sp³-hybridized carbons (Fsp3) is 0.938. The highest BCUT2D eigenvalue weighted by molar-refractivity contribution is 14.0. The van der Waals surface area contributed by atoms with Crippen LogP contribution < -0.4 is 5.73 Å². The zero-order valence-electron chi connectivity index (χ0n) is 13.8. The molecule has 2 heterocycles. The summed E-state index contributed by atoms with van der Waals surface area (Å²) >= 11 is 0. The van der Waals surface area contributed by atoms with E-state index >= 15 is 0 Å². The molecule has 0 saturated carbocycles. The Morgan fingerprint density at radius 1 is 1.10 bits per heavy atom. The lowest BCUT2D eigenvalue weighted by Crippen LogP contribution is -2.42. The van der Waals surface area contributed by atoms with Crippen LogP contribution in [0.1, 0.15) is 46.0 Å². The molecule has 4 nitrogen and oxygen atoms in total. The van der Waals surface area contributed by atoms with Gasteiger partial charge in [-0.25, -0.2) is 0 Å². The third-order valence-electron chi connectivity index (χ3n) is 4.76. The lowest BCUT2D eigenvalue weighted by Gasteiger charge is -2.31. The summed E-state index contributed by atoms with van der Waals surface area (Å²) in [6.07, 6.45) is 6.40. The quantitative estimate of drug-likeness (QED) is 0.337. The topological polar surface area (TPSA) is 44.9 Å². The summed E-state index contributed by atoms with van der Waals surface area (Å²) in [4.78, 5) is 9.41. The van der Waals surface area contributed by atoms with Crippen molar-refractivity contribution in [1.82, 2.24) is 9.80 Å². The van der Waals surface area contributed by atoms with Crippen molar-refractivity contribution in [2.45, 2.75) is 46.0 Å². The van der Waals surface area contributed by atoms with Crippen molar-refractivity contribution in [2.24, 2.45) is 22.6 Å². The minimum absolute atomic E-state index is 0. The number of guanidine groups is 1. The van der Waals surface area contributed by atoms with Crippen LogP contribution in [0.2, 0.25) is 0 Å². The number of rotatable bonds is 4. The van der Waals surface area contributed by atoms with E-state index in [-0.39, 0.29) is 24.0 Å². The van der Waals surface area contributed by atoms with Gasteiger partial charge in [-0.2, -0.15) is 0 Å². The largest absolute Gasteiger partial charge is 0.370 e. The molecule has 1 atom stereocenters. The molecule has 1 unspecified atom stereocenters. The van der Waals surface area contributed by atoms with Gasteiger partial charge in [0.25, 0.3) is 0 Å². The van der Waals surface area contributed by atoms with Gasteiger partial charge >= 0.3 is 0 Å². The standard InChI is InChI=1S/C16H32N4.HI/c1-14-6-11-20(12-7-14)16(17)18-8-4-10-19-9-3-5-15(2)13-19;/h14-15H,3-13H2,1-2H3,(H2,17,18);1H. The second-order valence-electron chi connectivity index (χ2n) is 6.81. The van der Waals surface area contributed by atoms with Gasteiger partial charge in [0.05, 0.1) is 0 Å². The summed E-state index contributed by atoms with van der Waals surface area (Å²) in [6, 6.07) is 0. The van der Waals surface area contributed by atoms with Crippen LogP contribution in [-0.4, -0.2) is 55.0 Å². The van der Waals surface area contributed by atoms with E-state index in [1.165, 1.54) is 45.3 Å². The first-order chi connectivity index (χ1) is 9.65. The molecule has 21 heavy (non-hydrogen) atoms. The Hall–Kier alpha value is -0.0400. The van der Waals surface area contributed by atoms with E-state index < -0.39 is 0 Å². The molecule has 0 amide bonds. The van der Waals surface area contributed by atoms with E-state index in [1.807, 2.05) is 0 Å². The van der Waals surface area contributed by atoms with Crippen molar-refractivity contribution < 1.29 is 0 Å². The molecule has 124 valence electrons. The fourth-order valence-corrected chi connectivity index (χ4v) is 3.32. The SMILES string of the molecule is CC1CCN(C(N)=NCCCN2CCCC(C)C2)CC1.I. The van der Waals surface area contributed by atoms with Gasteiger partial charge in [0.15, 0.2) is 5.96 Å². The van der Waals surface area contributed by atoms with E-state index in [0.717, 1.165) is 43.9 Å². The second-order valence-corrected chi connectivity index (χ2v) is 6.81. The van der Waals surface area contributed by atoms with Gasteiger partial charge in [0, 0.05) is 26.2 Å². The van der Waals surface area contributed by atoms with E-state index in [0.29, 0.717) is 0 Å². The Morgan fingerprint density at radius 3 is 2.48 bits per heavy atom. The smallest absolute Gasteiger partial charge is 0.191 e. The van der Waals surface area contributed by atoms with E-state index in [9.17, 15) is 0 Å². The Balaban J connectivity index is 0.00000220. The van der Waals surface area contributed by atoms with Crippen LogP contribution in [0.3, 0.4) is 0 Å². The van der Waals surface area contributed by atoms with E-state index in [4.69, 9.17) is 5.73 Å². The molecule has 2 saturated heterocycles. The van der Waals surface area contributed by atoms with Crippen LogP contribution in [0.25, 0.3) is 0 Å². The number of aliphatic imine (C=N–C) groups is 1. The van der Waals surface area contributed by atoms with E-state index in [1.54, 1.807) is 0 Å². The van der Waals surface area contributed by atoms with Gasteiger partial charge in [-0.05, 0) is 57.0 Å². The summed E-state index contributed by atoms with van der Waals surface area (Å²) in [5.74, 6) is 2.48. The molecule has 0 aromatic rings. The fourth-order valence-electron chi connectivity index (χ4n) is 3.32. The third kappa shape index (κ3) is 6.72. The minimum atomic E-state index is 0. The second kappa shape index (κ2) is 9.87. The number of likely N-dealkylation sites (tertiary alicyclic amines) is 2. The molecule has 2 fully saturated rings. The molecule has 0 aromatic heterocycles. The van der Waals surface area contributed by atoms with Crippen molar-refractivity contribution in [3.63, 3.8) is 0 Å². The van der Waals surface area contributed by atoms with Crippen LogP contribution in [-0.2, 0) is 0 Å². The van der Waals surface area contributed by atoms with Crippen LogP contribution in [0, 0.1) is 11.8 Å². The highest BCUT2D eigenvalue weighted by Gasteiger charge is 2.17. The first-order valence-corrected chi connectivity index (χ1v) is 8.42. The Morgan fingerprint density at radius 2 is 1.81 bits per heavy atom. The van der Waals surface area contributed by atoms with Gasteiger partial charge in [0.1, 0.15) is 0 Å². The minimum Gasteiger partial charge on any atom is -0.370 e. The predicted octanol–water partition coefficient (Wildman–Crippen LogP) is 2.77. The molecule has 2 aliphatic heterocycles. The molecule has 0 bridgehead atoms. The molecule has 2 aliphatic rings. The number of hydrogen-bond acceptors (Lipinski definition) is 2. The molecular formula is C16H33IN4. The van der Waals surface area contributed by atoms with E-state index in [2.05, 4.69) is 28.6 Å². The predicted molar refractivity (Wildman–Crippen MR) is 101 cm³/mol. The van der Waals surface area contributed by atoms with Gasteiger partial charge < -0.3 is 15.5 Å². The molecule has 5 heteroatoms. The maximum atomic E-state index is 6.10. The molecule has 2 rings (SSSR count). The van der Waals surface area contributed by atoms with Crippen LogP contribution in [0.4, 0.5) is 0 Å². The summed E-state index contributed by atoms with van der Waals surface area (Å²) in [5, 5.41) is 0. The lowest BCUT2D eigenvalue weighted by molar-refractivity contribution is 0.183. The first-order valence-electron chi connectivity index (χ1n) is 8.42. The molecular weight excluding hydrogens is 375 g/mol. The van der Waals surface area contributed by atoms with Crippen molar-refractivity contribution in [3.8, 4) is 0 Å². The zero-order valence-corrected chi connectivity index (χ0v) is 16.1. The highest BCUT2D eigenvalue weighted by Crippen LogP contribution is 2.16. The molecule has 2 N–H and O–H groups in total. The maximum Gasteiger partial charge on any atom is 0.191 e. The van der Waals surface area contributed by atoms with Crippen LogP contribution in [0.5, 0.6) is 0 Å². The summed E-state index contributed by atoms with van der Waals surface area (Å²) < 4.78 is 0. The maximum absolute atomic E-state index is 6.10.